The van der Waals surface area contributed by atoms with Crippen LogP contribution in [0, 0.1) is 23.8 Å². The van der Waals surface area contributed by atoms with Crippen molar-refractivity contribution < 1.29 is 34.4 Å². The molecule has 0 saturated heterocycles. The summed E-state index contributed by atoms with van der Waals surface area (Å²) in [5, 5.41) is 14.8. The molecule has 0 amide bonds. The largest absolute Gasteiger partial charge is 0.512 e. The summed E-state index contributed by atoms with van der Waals surface area (Å²) in [6, 6.07) is 26.9. The van der Waals surface area contributed by atoms with Crippen molar-refractivity contribution in [2.75, 3.05) is 0 Å². The molecule has 0 atom stereocenters. The average molecular weight is 879 g/mol. The molecule has 0 aliphatic heterocycles. The first kappa shape index (κ1) is 40.2. The SMILES string of the molecule is CCC(C)(CC)C(=O)/C=C(\O)C(C)(CC)CC.Cc1c(-c2cc3ccccc3o2)sc2ccnc(-c3[c-]c4ccccc4c(C(C)(C)C)c3)c12.[Ir]. The zero-order valence-corrected chi connectivity index (χ0v) is 35.0. The van der Waals surface area contributed by atoms with Crippen molar-refractivity contribution in [3.05, 3.63) is 102 Å². The molecule has 0 aliphatic carbocycles. The Morgan fingerprint density at radius 2 is 1.51 bits per heavy atom. The van der Waals surface area contributed by atoms with E-state index in [1.165, 1.54) is 32.7 Å². The van der Waals surface area contributed by atoms with Crippen LogP contribution in [-0.4, -0.2) is 15.9 Å². The monoisotopic (exact) mass is 879 g/mol. The van der Waals surface area contributed by atoms with Crippen molar-refractivity contribution in [1.29, 1.82) is 0 Å². The van der Waals surface area contributed by atoms with Crippen LogP contribution in [0.4, 0.5) is 0 Å². The predicted octanol–water partition coefficient (Wildman–Crippen LogP) is 13.6. The van der Waals surface area contributed by atoms with Crippen LogP contribution in [0.15, 0.2) is 89.2 Å². The maximum absolute atomic E-state index is 12.2. The molecule has 6 aromatic rings. The zero-order chi connectivity index (χ0) is 36.4. The van der Waals surface area contributed by atoms with E-state index in [0.29, 0.717) is 0 Å². The molecule has 6 heteroatoms. The summed E-state index contributed by atoms with van der Waals surface area (Å²) >= 11 is 1.77. The number of aliphatic hydroxyl groups excluding tert-OH is 1. The van der Waals surface area contributed by atoms with Gasteiger partial charge >= 0.3 is 0 Å². The van der Waals surface area contributed by atoms with E-state index >= 15 is 0 Å². The number of aromatic nitrogens is 1. The van der Waals surface area contributed by atoms with E-state index in [1.54, 1.807) is 11.3 Å². The van der Waals surface area contributed by atoms with Crippen molar-refractivity contribution in [2.24, 2.45) is 10.8 Å². The second-order valence-electron chi connectivity index (χ2n) is 15.1. The molecular weight excluding hydrogens is 827 g/mol. The van der Waals surface area contributed by atoms with Gasteiger partial charge in [0, 0.05) is 59.0 Å². The zero-order valence-electron chi connectivity index (χ0n) is 31.8. The van der Waals surface area contributed by atoms with Gasteiger partial charge in [-0.15, -0.1) is 40.5 Å². The minimum atomic E-state index is -0.337. The fourth-order valence-electron chi connectivity index (χ4n) is 6.39. The topological polar surface area (TPSA) is 63.3 Å². The summed E-state index contributed by atoms with van der Waals surface area (Å²) < 4.78 is 7.43. The van der Waals surface area contributed by atoms with Crippen molar-refractivity contribution >= 4 is 48.9 Å². The molecule has 0 saturated carbocycles. The Balaban J connectivity index is 0.000000279. The Bertz CT molecular complexity index is 2140. The molecule has 0 spiro atoms. The molecule has 0 aliphatic rings. The number of rotatable bonds is 9. The second kappa shape index (κ2) is 16.0. The van der Waals surface area contributed by atoms with Gasteiger partial charge < -0.3 is 9.52 Å². The maximum Gasteiger partial charge on any atom is 0.164 e. The van der Waals surface area contributed by atoms with Crippen LogP contribution in [0.1, 0.15) is 99.1 Å². The number of nitrogens with zero attached hydrogens (tertiary/aromatic N) is 1. The molecule has 271 valence electrons. The number of carbonyl (C=O) groups excluding carboxylic acids is 1. The number of pyridine rings is 1. The van der Waals surface area contributed by atoms with E-state index in [1.807, 2.05) is 65.9 Å². The third-order valence-electron chi connectivity index (χ3n) is 10.9. The van der Waals surface area contributed by atoms with E-state index in [4.69, 9.17) is 9.40 Å². The molecule has 4 nitrogen and oxygen atoms in total. The van der Waals surface area contributed by atoms with Crippen LogP contribution in [0.3, 0.4) is 0 Å². The first-order valence-electron chi connectivity index (χ1n) is 18.0. The normalized spacial score (nSPS) is 12.5. The van der Waals surface area contributed by atoms with E-state index < -0.39 is 0 Å². The molecule has 0 unspecified atom stereocenters. The van der Waals surface area contributed by atoms with Gasteiger partial charge in [-0.05, 0) is 67.2 Å². The molecule has 3 heterocycles. The minimum Gasteiger partial charge on any atom is -0.512 e. The van der Waals surface area contributed by atoms with Crippen LogP contribution >= 0.6 is 11.3 Å². The fraction of sp³-hybridized carbons (Fsp3) is 0.378. The molecule has 1 N–H and O–H groups in total. The number of ketones is 1. The predicted molar refractivity (Wildman–Crippen MR) is 213 cm³/mol. The molecule has 0 bridgehead atoms. The average Bonchev–Trinajstić information content (AvgIpc) is 3.71. The summed E-state index contributed by atoms with van der Waals surface area (Å²) in [5.41, 5.74) is 4.88. The molecule has 3 aromatic heterocycles. The Morgan fingerprint density at radius 3 is 2.14 bits per heavy atom. The molecular formula is C45H52IrNO3S-. The van der Waals surface area contributed by atoms with Crippen LogP contribution in [-0.2, 0) is 30.3 Å². The van der Waals surface area contributed by atoms with Gasteiger partial charge in [0.1, 0.15) is 17.1 Å². The molecule has 51 heavy (non-hydrogen) atoms. The fourth-order valence-corrected chi connectivity index (χ4v) is 7.54. The summed E-state index contributed by atoms with van der Waals surface area (Å²) in [5.74, 6) is 1.20. The first-order valence-corrected chi connectivity index (χ1v) is 18.8. The number of allylic oxidation sites excluding steroid dienone is 2. The first-order chi connectivity index (χ1) is 23.7. The van der Waals surface area contributed by atoms with Gasteiger partial charge in [0.25, 0.3) is 0 Å². The molecule has 3 aromatic carbocycles. The van der Waals surface area contributed by atoms with Crippen LogP contribution in [0.25, 0.3) is 53.7 Å². The number of para-hydroxylation sites is 1. The molecule has 0 fully saturated rings. The summed E-state index contributed by atoms with van der Waals surface area (Å²) in [7, 11) is 0. The van der Waals surface area contributed by atoms with Crippen molar-refractivity contribution in [1.82, 2.24) is 4.98 Å². The van der Waals surface area contributed by atoms with Crippen molar-refractivity contribution in [3.8, 4) is 21.9 Å². The maximum atomic E-state index is 12.2. The van der Waals surface area contributed by atoms with Gasteiger partial charge in [0.05, 0.1) is 4.88 Å². The number of aryl methyl sites for hydroxylation is 1. The summed E-state index contributed by atoms with van der Waals surface area (Å²) in [6.45, 7) is 21.1. The number of aliphatic hydroxyl groups is 1. The Kier molecular flexibility index (Phi) is 12.6. The van der Waals surface area contributed by atoms with Crippen molar-refractivity contribution in [3.63, 3.8) is 0 Å². The summed E-state index contributed by atoms with van der Waals surface area (Å²) in [4.78, 5) is 18.2. The van der Waals surface area contributed by atoms with E-state index in [-0.39, 0.29) is 47.9 Å². The Labute approximate surface area is 321 Å². The third kappa shape index (κ3) is 8.09. The van der Waals surface area contributed by atoms with Crippen molar-refractivity contribution in [2.45, 2.75) is 100 Å². The van der Waals surface area contributed by atoms with Gasteiger partial charge in [-0.25, -0.2) is 0 Å². The van der Waals surface area contributed by atoms with Gasteiger partial charge in [-0.2, -0.15) is 0 Å². The van der Waals surface area contributed by atoms with E-state index in [9.17, 15) is 9.90 Å². The Hall–Kier alpha value is -3.57. The van der Waals surface area contributed by atoms with E-state index in [0.717, 1.165) is 63.9 Å². The standard InChI is InChI=1S/C30H24NOS.C15H28O2.Ir/c1-18-27-26(33-29(18)25-17-20-10-6-8-12-24(20)32-25)13-14-31-28(27)21-15-19-9-5-7-11-22(19)23(16-21)30(2,3)4;1-7-14(5,8-2)12(16)11-13(17)15(6,9-3)10-4;/h5-14,16-17H,1-4H3;11,16H,7-10H2,1-6H3;/q-1;;/b;12-11-;. The number of benzene rings is 3. The number of carbonyl (C=O) groups is 1. The Morgan fingerprint density at radius 1 is 0.882 bits per heavy atom. The smallest absolute Gasteiger partial charge is 0.164 e. The van der Waals surface area contributed by atoms with Crippen LogP contribution < -0.4 is 0 Å². The van der Waals surface area contributed by atoms with Crippen LogP contribution in [0.2, 0.25) is 0 Å². The molecule has 6 rings (SSSR count). The van der Waals surface area contributed by atoms with E-state index in [2.05, 4.69) is 82.3 Å². The third-order valence-corrected chi connectivity index (χ3v) is 12.2. The number of hydrogen-bond acceptors (Lipinski definition) is 5. The van der Waals surface area contributed by atoms with Gasteiger partial charge in [-0.1, -0.05) is 110 Å². The number of fused-ring (bicyclic) bond motifs is 3. The number of furan rings is 1. The summed E-state index contributed by atoms with van der Waals surface area (Å²) in [6.07, 6.45) is 6.67. The minimum absolute atomic E-state index is 0. The number of thiophene rings is 1. The second-order valence-corrected chi connectivity index (χ2v) is 16.1. The van der Waals surface area contributed by atoms with Gasteiger partial charge in [0.2, 0.25) is 0 Å². The quantitative estimate of drug-likeness (QED) is 0.0893. The van der Waals surface area contributed by atoms with Gasteiger partial charge in [-0.3, -0.25) is 9.78 Å². The van der Waals surface area contributed by atoms with Crippen LogP contribution in [0.5, 0.6) is 0 Å². The van der Waals surface area contributed by atoms with Gasteiger partial charge in [0.15, 0.2) is 5.78 Å². The molecule has 1 radical (unpaired) electrons. The number of hydrogen-bond donors (Lipinski definition) is 1.